The molecule has 5 aromatic rings. The zero-order valence-electron chi connectivity index (χ0n) is 18.8. The van der Waals surface area contributed by atoms with Crippen molar-refractivity contribution in [3.05, 3.63) is 66.5 Å². The molecule has 0 amide bonds. The minimum absolute atomic E-state index is 0.00918. The normalized spacial score (nSPS) is 12.3. The van der Waals surface area contributed by atoms with E-state index in [2.05, 4.69) is 45.8 Å². The van der Waals surface area contributed by atoms with E-state index in [-0.39, 0.29) is 17.8 Å². The number of aliphatic hydroxyl groups excluding tert-OH is 1. The van der Waals surface area contributed by atoms with Crippen LogP contribution in [-0.4, -0.2) is 50.0 Å². The van der Waals surface area contributed by atoms with Gasteiger partial charge >= 0.3 is 0 Å². The van der Waals surface area contributed by atoms with Gasteiger partial charge in [-0.15, -0.1) is 0 Å². The summed E-state index contributed by atoms with van der Waals surface area (Å²) < 4.78 is 23.3. The smallest absolute Gasteiger partial charge is 0.123 e. The maximum absolute atomic E-state index is 13.8. The van der Waals surface area contributed by atoms with Crippen molar-refractivity contribution < 1.29 is 14.2 Å². The van der Waals surface area contributed by atoms with Gasteiger partial charge in [0.15, 0.2) is 0 Å². The number of methoxy groups -OCH3 is 1. The molecule has 5 rings (SSSR count). The molecule has 0 unspecified atom stereocenters. The van der Waals surface area contributed by atoms with Crippen molar-refractivity contribution in [2.45, 2.75) is 25.8 Å². The topological polar surface area (TPSA) is 80.9 Å². The first-order chi connectivity index (χ1) is 15.9. The number of aromatic nitrogens is 5. The number of rotatable bonds is 7. The summed E-state index contributed by atoms with van der Waals surface area (Å²) in [5, 5.41) is 23.1. The highest BCUT2D eigenvalue weighted by molar-refractivity contribution is 6.05. The van der Waals surface area contributed by atoms with Crippen molar-refractivity contribution in [1.82, 2.24) is 24.5 Å². The summed E-state index contributed by atoms with van der Waals surface area (Å²) in [5.41, 5.74) is 5.39. The second-order valence-corrected chi connectivity index (χ2v) is 8.89. The molecule has 2 N–H and O–H groups in total. The predicted octanol–water partition coefficient (Wildman–Crippen LogP) is 4.43. The third kappa shape index (κ3) is 3.61. The average Bonchev–Trinajstić information content (AvgIpc) is 3.50. The molecule has 0 radical (unpaired) electrons. The van der Waals surface area contributed by atoms with Crippen molar-refractivity contribution in [1.29, 1.82) is 0 Å². The van der Waals surface area contributed by atoms with Crippen LogP contribution in [0, 0.1) is 5.82 Å². The van der Waals surface area contributed by atoms with Crippen molar-refractivity contribution in [2.24, 2.45) is 0 Å². The minimum Gasteiger partial charge on any atom is -0.394 e. The Balaban J connectivity index is 1.92. The van der Waals surface area contributed by atoms with Gasteiger partial charge in [-0.1, -0.05) is 13.8 Å². The molecular weight excluding hydrogens is 421 g/mol. The molecule has 0 aliphatic heterocycles. The monoisotopic (exact) mass is 447 g/mol. The summed E-state index contributed by atoms with van der Waals surface area (Å²) in [6.45, 7) is 5.19. The molecular formula is C25H26FN5O2. The molecule has 170 valence electrons. The highest BCUT2D eigenvalue weighted by atomic mass is 19.1. The number of aromatic amines is 1. The Kier molecular flexibility index (Phi) is 5.26. The summed E-state index contributed by atoms with van der Waals surface area (Å²) in [6.07, 6.45) is 5.57. The van der Waals surface area contributed by atoms with E-state index >= 15 is 0 Å². The number of hydrogen-bond donors (Lipinski definition) is 2. The van der Waals surface area contributed by atoms with Gasteiger partial charge in [0.25, 0.3) is 0 Å². The summed E-state index contributed by atoms with van der Waals surface area (Å²) in [4.78, 5) is 0. The molecule has 0 aliphatic rings. The number of aliphatic hydroxyl groups is 1. The molecule has 0 saturated heterocycles. The van der Waals surface area contributed by atoms with Gasteiger partial charge in [-0.25, -0.2) is 4.39 Å². The Morgan fingerprint density at radius 1 is 1.15 bits per heavy atom. The number of fused-ring (bicyclic) bond motifs is 2. The summed E-state index contributed by atoms with van der Waals surface area (Å²) in [5.74, 6) is -0.282. The first-order valence-electron chi connectivity index (χ1n) is 10.8. The van der Waals surface area contributed by atoms with Crippen LogP contribution < -0.4 is 0 Å². The van der Waals surface area contributed by atoms with E-state index in [1.165, 1.54) is 12.1 Å². The minimum atomic E-state index is -0.386. The molecule has 3 aromatic heterocycles. The lowest BCUT2D eigenvalue weighted by molar-refractivity contribution is 0.144. The molecule has 0 bridgehead atoms. The molecule has 0 saturated carbocycles. The number of ether oxygens (including phenoxy) is 1. The highest BCUT2D eigenvalue weighted by Crippen LogP contribution is 2.44. The maximum Gasteiger partial charge on any atom is 0.123 e. The van der Waals surface area contributed by atoms with Crippen molar-refractivity contribution in [2.75, 3.05) is 20.3 Å². The van der Waals surface area contributed by atoms with Crippen molar-refractivity contribution in [3.8, 4) is 16.8 Å². The van der Waals surface area contributed by atoms with Crippen LogP contribution in [0.4, 0.5) is 4.39 Å². The lowest BCUT2D eigenvalue weighted by atomic mass is 9.85. The van der Waals surface area contributed by atoms with E-state index in [1.807, 2.05) is 12.4 Å². The lowest BCUT2D eigenvalue weighted by Crippen LogP contribution is -2.27. The summed E-state index contributed by atoms with van der Waals surface area (Å²) in [7, 11) is 1.69. The quantitative estimate of drug-likeness (QED) is 0.387. The van der Waals surface area contributed by atoms with Gasteiger partial charge in [0.1, 0.15) is 5.82 Å². The van der Waals surface area contributed by atoms with Crippen LogP contribution in [0.5, 0.6) is 0 Å². The van der Waals surface area contributed by atoms with Gasteiger partial charge < -0.3 is 14.4 Å². The Hall–Kier alpha value is -3.49. The second kappa shape index (κ2) is 8.13. The molecule has 0 fully saturated rings. The van der Waals surface area contributed by atoms with Crippen LogP contribution in [0.3, 0.4) is 0 Å². The lowest BCUT2D eigenvalue weighted by Gasteiger charge is -2.28. The Morgan fingerprint density at radius 3 is 2.67 bits per heavy atom. The first kappa shape index (κ1) is 21.4. The number of H-pyrrole nitrogens is 1. The van der Waals surface area contributed by atoms with Crippen LogP contribution in [-0.2, 0) is 16.7 Å². The SMILES string of the molecule is COCC(C)(C)c1c(-c2cnn(CCO)c2)c2cc3[nH]ncc3cc2n1-c1ccc(F)cc1. The summed E-state index contributed by atoms with van der Waals surface area (Å²) in [6, 6.07) is 10.7. The first-order valence-corrected chi connectivity index (χ1v) is 10.8. The Labute approximate surface area is 190 Å². The van der Waals surface area contributed by atoms with E-state index in [9.17, 15) is 9.50 Å². The third-order valence-corrected chi connectivity index (χ3v) is 6.01. The van der Waals surface area contributed by atoms with Gasteiger partial charge in [0.2, 0.25) is 0 Å². The fraction of sp³-hybridized carbons (Fsp3) is 0.280. The van der Waals surface area contributed by atoms with E-state index < -0.39 is 0 Å². The van der Waals surface area contributed by atoms with Crippen LogP contribution in [0.2, 0.25) is 0 Å². The van der Waals surface area contributed by atoms with Gasteiger partial charge in [0.05, 0.1) is 43.2 Å². The number of nitrogens with one attached hydrogen (secondary N) is 1. The van der Waals surface area contributed by atoms with Crippen LogP contribution in [0.1, 0.15) is 19.5 Å². The van der Waals surface area contributed by atoms with Crippen molar-refractivity contribution >= 4 is 21.8 Å². The highest BCUT2D eigenvalue weighted by Gasteiger charge is 2.32. The molecule has 0 aliphatic carbocycles. The zero-order valence-corrected chi connectivity index (χ0v) is 18.8. The zero-order chi connectivity index (χ0) is 23.2. The van der Waals surface area contributed by atoms with Gasteiger partial charge in [-0.2, -0.15) is 10.2 Å². The Bertz CT molecular complexity index is 1430. The molecule has 0 spiro atoms. The number of benzene rings is 2. The van der Waals surface area contributed by atoms with Gasteiger partial charge in [0, 0.05) is 52.0 Å². The van der Waals surface area contributed by atoms with E-state index in [4.69, 9.17) is 4.74 Å². The second-order valence-electron chi connectivity index (χ2n) is 8.89. The molecule has 8 heteroatoms. The van der Waals surface area contributed by atoms with Crippen molar-refractivity contribution in [3.63, 3.8) is 0 Å². The maximum atomic E-state index is 13.8. The molecule has 2 aromatic carbocycles. The summed E-state index contributed by atoms with van der Waals surface area (Å²) >= 11 is 0. The van der Waals surface area contributed by atoms with Gasteiger partial charge in [-0.05, 0) is 36.4 Å². The molecule has 0 atom stereocenters. The molecule has 3 heterocycles. The van der Waals surface area contributed by atoms with E-state index in [0.29, 0.717) is 13.2 Å². The third-order valence-electron chi connectivity index (χ3n) is 6.01. The molecule has 7 nitrogen and oxygen atoms in total. The van der Waals surface area contributed by atoms with Crippen LogP contribution in [0.25, 0.3) is 38.6 Å². The number of halogens is 1. The number of hydrogen-bond acceptors (Lipinski definition) is 4. The standard InChI is InChI=1S/C25H26FN5O2/c1-25(2,15-33-3)24-23(17-13-28-30(14-17)8-9-32)20-11-21-16(12-27-29-21)10-22(20)31(24)19-6-4-18(26)5-7-19/h4-7,10-14,32H,8-9,15H2,1-3H3,(H,27,29). The Morgan fingerprint density at radius 2 is 1.94 bits per heavy atom. The predicted molar refractivity (Wildman–Crippen MR) is 126 cm³/mol. The fourth-order valence-corrected chi connectivity index (χ4v) is 4.66. The fourth-order valence-electron chi connectivity index (χ4n) is 4.66. The van der Waals surface area contributed by atoms with E-state index in [1.54, 1.807) is 30.1 Å². The average molecular weight is 448 g/mol. The van der Waals surface area contributed by atoms with Crippen LogP contribution >= 0.6 is 0 Å². The largest absolute Gasteiger partial charge is 0.394 e. The van der Waals surface area contributed by atoms with E-state index in [0.717, 1.165) is 44.3 Å². The number of nitrogens with zero attached hydrogens (tertiary/aromatic N) is 4. The van der Waals surface area contributed by atoms with Gasteiger partial charge in [-0.3, -0.25) is 9.78 Å². The van der Waals surface area contributed by atoms with Crippen LogP contribution in [0.15, 0.2) is 55.0 Å². The molecule has 33 heavy (non-hydrogen) atoms.